The Labute approximate surface area is 299 Å². The van der Waals surface area contributed by atoms with Crippen molar-refractivity contribution < 1.29 is 27.8 Å². The van der Waals surface area contributed by atoms with E-state index < -0.39 is 24.2 Å². The normalized spacial score (nSPS) is 17.1. The molecule has 1 atom stereocenters. The molecule has 2 aliphatic rings. The van der Waals surface area contributed by atoms with Crippen molar-refractivity contribution in [2.75, 3.05) is 32.9 Å². The average molecular weight is 723 g/mol. The summed E-state index contributed by atoms with van der Waals surface area (Å²) in [7, 11) is 0. The predicted molar refractivity (Wildman–Crippen MR) is 193 cm³/mol. The minimum atomic E-state index is -2.75. The minimum absolute atomic E-state index is 0.0738. The second-order valence-corrected chi connectivity index (χ2v) is 15.5. The Kier molecular flexibility index (Phi) is 9.73. The fourth-order valence-electron chi connectivity index (χ4n) is 7.09. The van der Waals surface area contributed by atoms with Gasteiger partial charge in [-0.3, -0.25) is 4.90 Å². The van der Waals surface area contributed by atoms with E-state index in [0.717, 1.165) is 86.7 Å². The molecule has 0 bridgehead atoms. The fraction of sp³-hybridized carbons (Fsp3) is 0.447. The van der Waals surface area contributed by atoms with Crippen LogP contribution in [0.3, 0.4) is 0 Å². The summed E-state index contributed by atoms with van der Waals surface area (Å²) in [5, 5.41) is 6.54. The molecule has 0 amide bonds. The van der Waals surface area contributed by atoms with Gasteiger partial charge >= 0.3 is 12.5 Å². The van der Waals surface area contributed by atoms with Gasteiger partial charge in [-0.05, 0) is 108 Å². The van der Waals surface area contributed by atoms with Crippen LogP contribution >= 0.6 is 22.9 Å². The quantitative estimate of drug-likeness (QED) is 0.140. The molecule has 8 nitrogen and oxygen atoms in total. The molecule has 264 valence electrons. The number of thiazole rings is 1. The van der Waals surface area contributed by atoms with Gasteiger partial charge in [0.2, 0.25) is 0 Å². The Bertz CT molecular complexity index is 2030. The molecule has 2 aromatic heterocycles. The summed E-state index contributed by atoms with van der Waals surface area (Å²) < 4.78 is 47.6. The minimum Gasteiger partial charge on any atom is -0.464 e. The summed E-state index contributed by atoms with van der Waals surface area (Å²) in [5.74, 6) is -0.393. The number of aryl methyl sites for hydroxylation is 1. The molecule has 3 aromatic carbocycles. The lowest BCUT2D eigenvalue weighted by Crippen LogP contribution is -2.51. The van der Waals surface area contributed by atoms with Gasteiger partial charge in [-0.15, -0.1) is 11.3 Å². The van der Waals surface area contributed by atoms with Crippen molar-refractivity contribution in [3.05, 3.63) is 70.4 Å². The van der Waals surface area contributed by atoms with Gasteiger partial charge in [-0.1, -0.05) is 23.7 Å². The van der Waals surface area contributed by atoms with Crippen LogP contribution in [0.1, 0.15) is 75.9 Å². The molecule has 2 fully saturated rings. The van der Waals surface area contributed by atoms with E-state index in [1.54, 1.807) is 13.0 Å². The van der Waals surface area contributed by atoms with Crippen LogP contribution in [0.5, 0.6) is 0 Å². The van der Waals surface area contributed by atoms with Crippen LogP contribution < -0.4 is 0 Å². The predicted octanol–water partition coefficient (Wildman–Crippen LogP) is 9.33. The van der Waals surface area contributed by atoms with Gasteiger partial charge in [0.15, 0.2) is 6.10 Å². The third kappa shape index (κ3) is 6.78. The van der Waals surface area contributed by atoms with E-state index in [1.165, 1.54) is 11.3 Å². The van der Waals surface area contributed by atoms with Gasteiger partial charge in [0.05, 0.1) is 52.9 Å². The van der Waals surface area contributed by atoms with Gasteiger partial charge in [-0.25, -0.2) is 14.5 Å². The number of alkyl halides is 2. The molecule has 12 heteroatoms. The second-order valence-electron chi connectivity index (χ2n) is 14.1. The van der Waals surface area contributed by atoms with Crippen molar-refractivity contribution in [1.82, 2.24) is 19.7 Å². The lowest BCUT2D eigenvalue weighted by molar-refractivity contribution is -0.166. The number of carbonyl (C=O) groups is 1. The molecular weight excluding hydrogens is 682 g/mol. The van der Waals surface area contributed by atoms with E-state index in [2.05, 4.69) is 10.00 Å². The standard InChI is InChI=1S/C38H41ClF2N4O4S/c1-6-48-36(46)33(49-38(3,4)5)30-21(2)17-28-34(31(30)22-7-10-25(39)11-8-22)50-35(42-28)24-9-12-29-27(18-24)32(43-45(29)37(40)41)23-13-15-44(16-14-23)26-19-47-20-26/h7-12,17-18,23,26,33,37H,6,13-16,19-20H2,1-5H3/t33-/m0/s1. The Morgan fingerprint density at radius 1 is 1.08 bits per heavy atom. The summed E-state index contributed by atoms with van der Waals surface area (Å²) in [5.41, 5.74) is 5.26. The molecule has 0 aliphatic carbocycles. The number of hydrogen-bond acceptors (Lipinski definition) is 8. The molecular formula is C38H41ClF2N4O4S. The first kappa shape index (κ1) is 34.9. The van der Waals surface area contributed by atoms with Gasteiger partial charge in [0.25, 0.3) is 0 Å². The van der Waals surface area contributed by atoms with Crippen molar-refractivity contribution >= 4 is 50.0 Å². The smallest absolute Gasteiger partial charge is 0.339 e. The number of halogens is 3. The lowest BCUT2D eigenvalue weighted by Gasteiger charge is -2.41. The maximum absolute atomic E-state index is 14.3. The molecule has 0 radical (unpaired) electrons. The summed E-state index contributed by atoms with van der Waals surface area (Å²) >= 11 is 7.80. The Hall–Kier alpha value is -3.48. The molecule has 0 unspecified atom stereocenters. The topological polar surface area (TPSA) is 78.7 Å². The number of piperidine rings is 1. The molecule has 2 aliphatic heterocycles. The molecule has 4 heterocycles. The summed E-state index contributed by atoms with van der Waals surface area (Å²) in [6.07, 6.45) is 0.710. The average Bonchev–Trinajstić information content (AvgIpc) is 3.65. The first-order valence-corrected chi connectivity index (χ1v) is 18.3. The van der Waals surface area contributed by atoms with E-state index >= 15 is 0 Å². The summed E-state index contributed by atoms with van der Waals surface area (Å²) in [6.45, 7) is 10.2. The van der Waals surface area contributed by atoms with Crippen LogP contribution in [0.4, 0.5) is 8.78 Å². The van der Waals surface area contributed by atoms with Crippen LogP contribution in [0.15, 0.2) is 48.5 Å². The van der Waals surface area contributed by atoms with Crippen molar-refractivity contribution in [3.8, 4) is 21.7 Å². The SMILES string of the molecule is CCOC(=O)[C@@H](OC(C)(C)C)c1c(C)cc2nc(-c3ccc4c(c3)c(C3CCN(C5COC5)CC3)nn4C(F)F)sc2c1-c1ccc(Cl)cc1. The van der Waals surface area contributed by atoms with Crippen LogP contribution in [0.2, 0.25) is 5.02 Å². The molecule has 0 saturated carbocycles. The summed E-state index contributed by atoms with van der Waals surface area (Å²) in [4.78, 5) is 21.0. The monoisotopic (exact) mass is 722 g/mol. The van der Waals surface area contributed by atoms with Crippen molar-refractivity contribution in [1.29, 1.82) is 0 Å². The molecule has 2 saturated heterocycles. The zero-order chi connectivity index (χ0) is 35.3. The Morgan fingerprint density at radius 2 is 1.78 bits per heavy atom. The Balaban J connectivity index is 1.35. The van der Waals surface area contributed by atoms with E-state index in [4.69, 9.17) is 30.8 Å². The van der Waals surface area contributed by atoms with E-state index in [9.17, 15) is 13.6 Å². The van der Waals surface area contributed by atoms with Crippen molar-refractivity contribution in [2.45, 2.75) is 77.7 Å². The van der Waals surface area contributed by atoms with E-state index in [1.807, 2.05) is 70.2 Å². The molecule has 0 spiro atoms. The molecule has 0 N–H and O–H groups in total. The second kappa shape index (κ2) is 13.9. The molecule has 5 aromatic rings. The highest BCUT2D eigenvalue weighted by atomic mass is 35.5. The number of esters is 1. The number of ether oxygens (including phenoxy) is 3. The first-order chi connectivity index (χ1) is 23.9. The van der Waals surface area contributed by atoms with Gasteiger partial charge in [0.1, 0.15) is 5.01 Å². The van der Waals surface area contributed by atoms with Crippen molar-refractivity contribution in [3.63, 3.8) is 0 Å². The Morgan fingerprint density at radius 3 is 2.40 bits per heavy atom. The third-order valence-electron chi connectivity index (χ3n) is 9.51. The summed E-state index contributed by atoms with van der Waals surface area (Å²) in [6, 6.07) is 15.4. The largest absolute Gasteiger partial charge is 0.464 e. The number of fused-ring (bicyclic) bond motifs is 2. The number of likely N-dealkylation sites (tertiary alicyclic amines) is 1. The third-order valence-corrected chi connectivity index (χ3v) is 10.9. The zero-order valence-corrected chi connectivity index (χ0v) is 30.4. The number of nitrogens with zero attached hydrogens (tertiary/aromatic N) is 4. The van der Waals surface area contributed by atoms with Gasteiger partial charge < -0.3 is 14.2 Å². The van der Waals surface area contributed by atoms with Crippen molar-refractivity contribution in [2.24, 2.45) is 0 Å². The highest BCUT2D eigenvalue weighted by molar-refractivity contribution is 7.22. The molecule has 50 heavy (non-hydrogen) atoms. The maximum atomic E-state index is 14.3. The van der Waals surface area contributed by atoms with Gasteiger partial charge in [0, 0.05) is 33.0 Å². The zero-order valence-electron chi connectivity index (χ0n) is 28.8. The molecule has 7 rings (SSSR count). The van der Waals surface area contributed by atoms with Crippen LogP contribution in [0.25, 0.3) is 42.8 Å². The van der Waals surface area contributed by atoms with Gasteiger partial charge in [-0.2, -0.15) is 13.9 Å². The first-order valence-electron chi connectivity index (χ1n) is 17.1. The van der Waals surface area contributed by atoms with Crippen LogP contribution in [-0.4, -0.2) is 70.2 Å². The fourth-order valence-corrected chi connectivity index (χ4v) is 8.34. The van der Waals surface area contributed by atoms with Crippen LogP contribution in [-0.2, 0) is 19.0 Å². The number of hydrogen-bond donors (Lipinski definition) is 0. The number of aromatic nitrogens is 3. The highest BCUT2D eigenvalue weighted by Crippen LogP contribution is 2.45. The lowest BCUT2D eigenvalue weighted by atomic mass is 9.90. The number of benzene rings is 3. The van der Waals surface area contributed by atoms with Crippen LogP contribution in [0, 0.1) is 6.92 Å². The van der Waals surface area contributed by atoms with E-state index in [-0.39, 0.29) is 12.5 Å². The number of rotatable bonds is 9. The highest BCUT2D eigenvalue weighted by Gasteiger charge is 2.35. The number of carbonyl (C=O) groups excluding carboxylic acids is 1. The van der Waals surface area contributed by atoms with E-state index in [0.29, 0.717) is 27.8 Å². The maximum Gasteiger partial charge on any atom is 0.339 e.